The summed E-state index contributed by atoms with van der Waals surface area (Å²) in [7, 11) is 0. The normalized spacial score (nSPS) is 13.3. The van der Waals surface area contributed by atoms with E-state index in [-0.39, 0.29) is 5.78 Å². The maximum absolute atomic E-state index is 11.6. The minimum Gasteiger partial charge on any atom is -0.299 e. The summed E-state index contributed by atoms with van der Waals surface area (Å²) in [5.41, 5.74) is 7.01. The van der Waals surface area contributed by atoms with Gasteiger partial charge in [-0.1, -0.05) is 46.7 Å². The first kappa shape index (κ1) is 14.0. The van der Waals surface area contributed by atoms with Gasteiger partial charge in [-0.2, -0.15) is 0 Å². The van der Waals surface area contributed by atoms with E-state index in [2.05, 4.69) is 10.0 Å². The number of rotatable bonds is 4. The molecule has 0 saturated heterocycles. The van der Waals surface area contributed by atoms with Crippen LogP contribution < -0.4 is 0 Å². The van der Waals surface area contributed by atoms with Crippen molar-refractivity contribution in [2.24, 2.45) is 15.9 Å². The fraction of sp³-hybridized carbons (Fsp3) is 0.909. The highest BCUT2D eigenvalue weighted by Crippen LogP contribution is 2.48. The van der Waals surface area contributed by atoms with Crippen LogP contribution in [0.2, 0.25) is 0 Å². The average molecular weight is 211 g/mol. The Labute approximate surface area is 91.7 Å². The molecule has 0 aliphatic carbocycles. The molecule has 0 amide bonds. The topological polar surface area (TPSA) is 65.8 Å². The first-order valence-corrected chi connectivity index (χ1v) is 5.08. The van der Waals surface area contributed by atoms with Crippen molar-refractivity contribution in [2.45, 2.75) is 54.0 Å². The van der Waals surface area contributed by atoms with E-state index < -0.39 is 16.4 Å². The van der Waals surface area contributed by atoms with Crippen LogP contribution in [0.4, 0.5) is 0 Å². The number of nitrogens with zero attached hydrogens (tertiary/aromatic N) is 3. The maximum Gasteiger partial charge on any atom is 0.135 e. The maximum atomic E-state index is 11.6. The number of Topliss-reactive ketones (excluding diaryl/α,β-unsaturated/α-hetero) is 1. The van der Waals surface area contributed by atoms with E-state index in [9.17, 15) is 4.79 Å². The van der Waals surface area contributed by atoms with E-state index in [0.29, 0.717) is 0 Å². The van der Waals surface area contributed by atoms with Crippen molar-refractivity contribution >= 4 is 5.78 Å². The van der Waals surface area contributed by atoms with Crippen LogP contribution in [0.5, 0.6) is 0 Å². The molecule has 0 aliphatic heterocycles. The second-order valence-electron chi connectivity index (χ2n) is 5.55. The van der Waals surface area contributed by atoms with E-state index in [4.69, 9.17) is 5.53 Å². The van der Waals surface area contributed by atoms with Crippen LogP contribution in [0.1, 0.15) is 48.5 Å². The Morgan fingerprint density at radius 1 is 1.13 bits per heavy atom. The van der Waals surface area contributed by atoms with Crippen molar-refractivity contribution < 1.29 is 4.79 Å². The van der Waals surface area contributed by atoms with Crippen LogP contribution in [-0.4, -0.2) is 11.3 Å². The molecule has 0 radical (unpaired) electrons. The van der Waals surface area contributed by atoms with Gasteiger partial charge >= 0.3 is 0 Å². The molecule has 0 fully saturated rings. The average Bonchev–Trinajstić information content (AvgIpc) is 2.02. The summed E-state index contributed by atoms with van der Waals surface area (Å²) in [6.45, 7) is 13.0. The summed E-state index contributed by atoms with van der Waals surface area (Å²) >= 11 is 0. The number of azide groups is 1. The highest BCUT2D eigenvalue weighted by atomic mass is 16.1. The summed E-state index contributed by atoms with van der Waals surface area (Å²) in [4.78, 5) is 14.5. The fourth-order valence-electron chi connectivity index (χ4n) is 1.44. The van der Waals surface area contributed by atoms with Gasteiger partial charge in [-0.15, -0.1) is 0 Å². The van der Waals surface area contributed by atoms with Crippen LogP contribution in [0, 0.1) is 10.8 Å². The third-order valence-corrected chi connectivity index (χ3v) is 4.27. The van der Waals surface area contributed by atoms with Gasteiger partial charge in [0.25, 0.3) is 0 Å². The van der Waals surface area contributed by atoms with Crippen molar-refractivity contribution in [2.75, 3.05) is 0 Å². The van der Waals surface area contributed by atoms with Crippen LogP contribution in [0.15, 0.2) is 5.11 Å². The van der Waals surface area contributed by atoms with Crippen LogP contribution in [-0.2, 0) is 4.79 Å². The van der Waals surface area contributed by atoms with Crippen molar-refractivity contribution in [3.05, 3.63) is 10.4 Å². The Hall–Kier alpha value is -1.02. The summed E-state index contributed by atoms with van der Waals surface area (Å²) in [6, 6.07) is 0. The van der Waals surface area contributed by atoms with Gasteiger partial charge < -0.3 is 0 Å². The lowest BCUT2D eigenvalue weighted by Gasteiger charge is -2.48. The molecule has 0 saturated carbocycles. The zero-order valence-corrected chi connectivity index (χ0v) is 10.7. The lowest BCUT2D eigenvalue weighted by atomic mass is 9.57. The number of hydrogen-bond donors (Lipinski definition) is 0. The van der Waals surface area contributed by atoms with Gasteiger partial charge in [-0.05, 0) is 17.9 Å². The second-order valence-corrected chi connectivity index (χ2v) is 5.55. The molecule has 0 aromatic carbocycles. The van der Waals surface area contributed by atoms with Crippen molar-refractivity contribution in [3.63, 3.8) is 0 Å². The molecule has 0 aromatic heterocycles. The van der Waals surface area contributed by atoms with E-state index in [1.165, 1.54) is 0 Å². The van der Waals surface area contributed by atoms with Gasteiger partial charge in [0.2, 0.25) is 0 Å². The molecule has 0 N–H and O–H groups in total. The van der Waals surface area contributed by atoms with Crippen LogP contribution in [0.3, 0.4) is 0 Å². The van der Waals surface area contributed by atoms with Crippen LogP contribution in [0.25, 0.3) is 10.4 Å². The summed E-state index contributed by atoms with van der Waals surface area (Å²) in [5.74, 6) is 0.105. The molecular weight excluding hydrogens is 190 g/mol. The third-order valence-electron chi connectivity index (χ3n) is 4.27. The van der Waals surface area contributed by atoms with E-state index in [1.54, 1.807) is 6.92 Å². The Morgan fingerprint density at radius 2 is 1.53 bits per heavy atom. The minimum atomic E-state index is -0.600. The summed E-state index contributed by atoms with van der Waals surface area (Å²) in [5, 5.41) is 3.81. The highest BCUT2D eigenvalue weighted by Gasteiger charge is 2.50. The molecule has 0 unspecified atom stereocenters. The molecule has 0 aromatic rings. The Bertz CT molecular complexity index is 294. The molecule has 0 aliphatic rings. The molecule has 86 valence electrons. The fourth-order valence-corrected chi connectivity index (χ4v) is 1.44. The predicted octanol–water partition coefficient (Wildman–Crippen LogP) is 3.72. The number of carbonyl (C=O) groups is 1. The first-order chi connectivity index (χ1) is 6.50. The lowest BCUT2D eigenvalue weighted by molar-refractivity contribution is -0.133. The highest BCUT2D eigenvalue weighted by molar-refractivity contribution is 5.82. The SMILES string of the molecule is CC(=O)C(C)(C)C(C)(C)C(C)(C)N=[N+]=[N-]. The first-order valence-electron chi connectivity index (χ1n) is 5.08. The molecule has 0 heterocycles. The predicted molar refractivity (Wildman–Crippen MR) is 61.5 cm³/mol. The zero-order valence-electron chi connectivity index (χ0n) is 10.7. The van der Waals surface area contributed by atoms with Crippen molar-refractivity contribution in [1.29, 1.82) is 0 Å². The van der Waals surface area contributed by atoms with Gasteiger partial charge in [0.1, 0.15) is 5.78 Å². The molecule has 0 spiro atoms. The Balaban J connectivity index is 5.49. The quantitative estimate of drug-likeness (QED) is 0.397. The molecule has 0 rings (SSSR count). The number of hydrogen-bond acceptors (Lipinski definition) is 2. The lowest BCUT2D eigenvalue weighted by Crippen LogP contribution is -2.50. The summed E-state index contributed by atoms with van der Waals surface area (Å²) in [6.07, 6.45) is 0. The van der Waals surface area contributed by atoms with Gasteiger partial charge in [0, 0.05) is 15.9 Å². The second kappa shape index (κ2) is 3.86. The molecule has 0 bridgehead atoms. The number of ketones is 1. The van der Waals surface area contributed by atoms with E-state index >= 15 is 0 Å². The van der Waals surface area contributed by atoms with Gasteiger partial charge in [-0.25, -0.2) is 0 Å². The van der Waals surface area contributed by atoms with Gasteiger partial charge in [0.05, 0.1) is 0 Å². The van der Waals surface area contributed by atoms with E-state index in [1.807, 2.05) is 41.5 Å². The van der Waals surface area contributed by atoms with Gasteiger partial charge in [0.15, 0.2) is 0 Å². The molecule has 15 heavy (non-hydrogen) atoms. The molecular formula is C11H21N3O. The third kappa shape index (κ3) is 2.15. The smallest absolute Gasteiger partial charge is 0.135 e. The molecule has 4 heteroatoms. The van der Waals surface area contributed by atoms with Crippen molar-refractivity contribution in [1.82, 2.24) is 0 Å². The van der Waals surface area contributed by atoms with Crippen LogP contribution >= 0.6 is 0 Å². The largest absolute Gasteiger partial charge is 0.299 e. The Kier molecular flexibility index (Phi) is 3.59. The van der Waals surface area contributed by atoms with E-state index in [0.717, 1.165) is 0 Å². The standard InChI is InChI=1S/C11H21N3O/c1-8(15)9(2,3)10(4,5)11(6,7)13-14-12/h1-7H3. The van der Waals surface area contributed by atoms with Gasteiger partial charge in [-0.3, -0.25) is 4.79 Å². The molecule has 4 nitrogen and oxygen atoms in total. The van der Waals surface area contributed by atoms with Crippen molar-refractivity contribution in [3.8, 4) is 0 Å². The summed E-state index contributed by atoms with van der Waals surface area (Å²) < 4.78 is 0. The Morgan fingerprint density at radius 3 is 1.80 bits per heavy atom. The monoisotopic (exact) mass is 211 g/mol. The zero-order chi connectivity index (χ0) is 12.5. The number of carbonyl (C=O) groups excluding carboxylic acids is 1. The minimum absolute atomic E-state index is 0.105. The molecule has 0 atom stereocenters.